The van der Waals surface area contributed by atoms with Crippen LogP contribution in [0.4, 0.5) is 11.4 Å². The molecule has 2 amide bonds. The van der Waals surface area contributed by atoms with Gasteiger partial charge in [0.15, 0.2) is 5.58 Å². The van der Waals surface area contributed by atoms with Gasteiger partial charge in [-0.15, -0.1) is 0 Å². The first-order valence-electron chi connectivity index (χ1n) is 14.3. The Hall–Kier alpha value is -4.44. The van der Waals surface area contributed by atoms with Crippen molar-refractivity contribution >= 4 is 34.2 Å². The molecule has 10 nitrogen and oxygen atoms in total. The second kappa shape index (κ2) is 12.2. The fraction of sp³-hybridized carbons (Fsp3) is 0.375. The average molecular weight is 572 g/mol. The molecule has 1 aliphatic heterocycles. The predicted octanol–water partition coefficient (Wildman–Crippen LogP) is 4.32. The van der Waals surface area contributed by atoms with E-state index in [0.29, 0.717) is 55.5 Å². The second-order valence-corrected chi connectivity index (χ2v) is 11.0. The maximum absolute atomic E-state index is 13.1. The first-order chi connectivity index (χ1) is 20.2. The zero-order chi connectivity index (χ0) is 29.9. The zero-order valence-corrected chi connectivity index (χ0v) is 24.6. The summed E-state index contributed by atoms with van der Waals surface area (Å²) in [5.41, 5.74) is 1.51. The number of fused-ring (bicyclic) bond motifs is 2. The summed E-state index contributed by atoms with van der Waals surface area (Å²) in [6.45, 7) is 8.77. The van der Waals surface area contributed by atoms with Crippen LogP contribution in [0.15, 0.2) is 76.5 Å². The molecule has 1 aromatic carbocycles. The Labute approximate surface area is 245 Å². The standard InChI is InChI=1S/C32H37N5O5/c1-5-37-26-10-9-25(20-27(26)34(4)30(39)32(2,3)31(37)40)41-18-7-14-35(22-23-8-6-13-33-21-23)16-17-36-15-11-24-12-19-42-28(24)29(36)38/h6,8-13,15,19-21H,5,7,14,16-18,22H2,1-4H3. The highest BCUT2D eigenvalue weighted by molar-refractivity contribution is 6.20. The Morgan fingerprint density at radius 3 is 2.62 bits per heavy atom. The van der Waals surface area contributed by atoms with Gasteiger partial charge in [-0.1, -0.05) is 6.07 Å². The molecule has 1 aliphatic rings. The van der Waals surface area contributed by atoms with Crippen molar-refractivity contribution in [2.45, 2.75) is 40.3 Å². The second-order valence-electron chi connectivity index (χ2n) is 11.0. The maximum atomic E-state index is 13.1. The van der Waals surface area contributed by atoms with E-state index >= 15 is 0 Å². The van der Waals surface area contributed by atoms with Gasteiger partial charge in [0, 0.05) is 69.8 Å². The Balaban J connectivity index is 1.25. The third kappa shape index (κ3) is 5.80. The number of hydrogen-bond acceptors (Lipinski definition) is 7. The Morgan fingerprint density at radius 2 is 1.86 bits per heavy atom. The van der Waals surface area contributed by atoms with Crippen LogP contribution in [0.3, 0.4) is 0 Å². The molecule has 0 N–H and O–H groups in total. The van der Waals surface area contributed by atoms with Crippen molar-refractivity contribution in [2.24, 2.45) is 5.41 Å². The van der Waals surface area contributed by atoms with Crippen LogP contribution in [0.5, 0.6) is 5.75 Å². The number of pyridine rings is 2. The zero-order valence-electron chi connectivity index (χ0n) is 24.6. The minimum atomic E-state index is -1.16. The van der Waals surface area contributed by atoms with Crippen molar-refractivity contribution in [3.8, 4) is 5.75 Å². The fourth-order valence-electron chi connectivity index (χ4n) is 5.39. The van der Waals surface area contributed by atoms with E-state index in [4.69, 9.17) is 9.15 Å². The summed E-state index contributed by atoms with van der Waals surface area (Å²) in [4.78, 5) is 48.8. The molecule has 0 spiro atoms. The normalized spacial score (nSPS) is 14.9. The molecule has 4 heterocycles. The van der Waals surface area contributed by atoms with Gasteiger partial charge in [-0.3, -0.25) is 24.3 Å². The van der Waals surface area contributed by atoms with Crippen molar-refractivity contribution in [3.05, 3.63) is 83.2 Å². The summed E-state index contributed by atoms with van der Waals surface area (Å²) >= 11 is 0. The summed E-state index contributed by atoms with van der Waals surface area (Å²) < 4.78 is 13.2. The topological polar surface area (TPSA) is 101 Å². The van der Waals surface area contributed by atoms with Gasteiger partial charge in [0.2, 0.25) is 11.8 Å². The minimum Gasteiger partial charge on any atom is -0.493 e. The van der Waals surface area contributed by atoms with Crippen LogP contribution in [-0.2, 0) is 22.7 Å². The highest BCUT2D eigenvalue weighted by Gasteiger charge is 2.45. The lowest BCUT2D eigenvalue weighted by Crippen LogP contribution is -2.47. The van der Waals surface area contributed by atoms with Crippen LogP contribution < -0.4 is 20.1 Å². The van der Waals surface area contributed by atoms with Crippen LogP contribution in [0, 0.1) is 5.41 Å². The van der Waals surface area contributed by atoms with Crippen LogP contribution in [-0.4, -0.2) is 59.6 Å². The molecule has 0 saturated carbocycles. The fourth-order valence-corrected chi connectivity index (χ4v) is 5.39. The highest BCUT2D eigenvalue weighted by Crippen LogP contribution is 2.40. The molecule has 0 aliphatic carbocycles. The predicted molar refractivity (Wildman–Crippen MR) is 162 cm³/mol. The molecule has 220 valence electrons. The van der Waals surface area contributed by atoms with Crippen molar-refractivity contribution in [1.82, 2.24) is 14.5 Å². The molecule has 0 saturated heterocycles. The van der Waals surface area contributed by atoms with Gasteiger partial charge < -0.3 is 23.5 Å². The van der Waals surface area contributed by atoms with Crippen molar-refractivity contribution < 1.29 is 18.7 Å². The lowest BCUT2D eigenvalue weighted by atomic mass is 9.90. The minimum absolute atomic E-state index is 0.138. The third-order valence-corrected chi connectivity index (χ3v) is 7.79. The van der Waals surface area contributed by atoms with E-state index < -0.39 is 5.41 Å². The molecule has 42 heavy (non-hydrogen) atoms. The first kappa shape index (κ1) is 29.1. The van der Waals surface area contributed by atoms with E-state index in [1.54, 1.807) is 53.7 Å². The Morgan fingerprint density at radius 1 is 1.02 bits per heavy atom. The monoisotopic (exact) mass is 571 g/mol. The van der Waals surface area contributed by atoms with Gasteiger partial charge in [-0.25, -0.2) is 0 Å². The lowest BCUT2D eigenvalue weighted by Gasteiger charge is -2.27. The average Bonchev–Trinajstić information content (AvgIpc) is 3.47. The van der Waals surface area contributed by atoms with Crippen molar-refractivity contribution in [1.29, 1.82) is 0 Å². The van der Waals surface area contributed by atoms with E-state index in [9.17, 15) is 14.4 Å². The van der Waals surface area contributed by atoms with E-state index in [1.807, 2.05) is 49.5 Å². The van der Waals surface area contributed by atoms with Gasteiger partial charge in [-0.2, -0.15) is 0 Å². The van der Waals surface area contributed by atoms with E-state index in [1.165, 1.54) is 6.26 Å². The summed E-state index contributed by atoms with van der Waals surface area (Å²) in [5.74, 6) is 0.168. The van der Waals surface area contributed by atoms with Crippen LogP contribution in [0.25, 0.3) is 11.0 Å². The number of hydrogen-bond donors (Lipinski definition) is 0. The molecule has 0 bridgehead atoms. The van der Waals surface area contributed by atoms with Gasteiger partial charge in [0.25, 0.3) is 5.56 Å². The number of nitrogens with zero attached hydrogens (tertiary/aromatic N) is 5. The van der Waals surface area contributed by atoms with E-state index in [0.717, 1.165) is 23.9 Å². The van der Waals surface area contributed by atoms with Gasteiger partial charge in [0.05, 0.1) is 24.2 Å². The smallest absolute Gasteiger partial charge is 0.294 e. The Kier molecular flexibility index (Phi) is 8.44. The van der Waals surface area contributed by atoms with Crippen LogP contribution in [0.2, 0.25) is 0 Å². The lowest BCUT2D eigenvalue weighted by molar-refractivity contribution is -0.137. The van der Waals surface area contributed by atoms with E-state index in [2.05, 4.69) is 9.88 Å². The molecule has 0 radical (unpaired) electrons. The van der Waals surface area contributed by atoms with Gasteiger partial charge in [-0.05, 0) is 63.1 Å². The molecular weight excluding hydrogens is 534 g/mol. The number of furan rings is 1. The van der Waals surface area contributed by atoms with Crippen molar-refractivity contribution in [3.63, 3.8) is 0 Å². The molecule has 0 unspecified atom stereocenters. The number of amides is 2. The molecule has 4 aromatic rings. The Bertz CT molecular complexity index is 1630. The number of carbonyl (C=O) groups excluding carboxylic acids is 2. The number of aromatic nitrogens is 2. The highest BCUT2D eigenvalue weighted by atomic mass is 16.5. The molecule has 5 rings (SSSR count). The SMILES string of the molecule is CCN1C(=O)C(C)(C)C(=O)N(C)c2cc(OCCCN(CCn3ccc4ccoc4c3=O)Cc3cccnc3)ccc21. The first-order valence-corrected chi connectivity index (χ1v) is 14.3. The third-order valence-electron chi connectivity index (χ3n) is 7.79. The van der Waals surface area contributed by atoms with Gasteiger partial charge in [0.1, 0.15) is 11.2 Å². The number of carbonyl (C=O) groups is 2. The summed E-state index contributed by atoms with van der Waals surface area (Å²) in [6.07, 6.45) is 7.68. The van der Waals surface area contributed by atoms with Crippen molar-refractivity contribution in [2.75, 3.05) is 43.1 Å². The van der Waals surface area contributed by atoms with Gasteiger partial charge >= 0.3 is 0 Å². The molecule has 0 atom stereocenters. The molecule has 10 heteroatoms. The number of benzene rings is 1. The van der Waals surface area contributed by atoms with Crippen LogP contribution in [0.1, 0.15) is 32.8 Å². The maximum Gasteiger partial charge on any atom is 0.294 e. The largest absolute Gasteiger partial charge is 0.493 e. The van der Waals surface area contributed by atoms with Crippen LogP contribution >= 0.6 is 0 Å². The summed E-state index contributed by atoms with van der Waals surface area (Å²) in [7, 11) is 1.70. The number of ether oxygens (including phenoxy) is 1. The quantitative estimate of drug-likeness (QED) is 0.195. The summed E-state index contributed by atoms with van der Waals surface area (Å²) in [6, 6.07) is 13.2. The molecular formula is C32H37N5O5. The molecule has 3 aromatic heterocycles. The molecule has 0 fully saturated rings. The summed E-state index contributed by atoms with van der Waals surface area (Å²) in [5, 5.41) is 0.798. The van der Waals surface area contributed by atoms with E-state index in [-0.39, 0.29) is 17.4 Å². The number of anilines is 2. The number of rotatable bonds is 11.